The van der Waals surface area contributed by atoms with Gasteiger partial charge in [0, 0.05) is 30.5 Å². The fourth-order valence-corrected chi connectivity index (χ4v) is 4.32. The molecule has 1 fully saturated rings. The van der Waals surface area contributed by atoms with Gasteiger partial charge in [0.2, 0.25) is 0 Å². The maximum atomic E-state index is 9.38. The van der Waals surface area contributed by atoms with E-state index in [2.05, 4.69) is 4.98 Å². The second kappa shape index (κ2) is 8.09. The van der Waals surface area contributed by atoms with Crippen LogP contribution in [0.5, 0.6) is 5.75 Å². The van der Waals surface area contributed by atoms with Crippen LogP contribution in [0.2, 0.25) is 5.15 Å². The maximum Gasteiger partial charge on any atom is 0.155 e. The van der Waals surface area contributed by atoms with Crippen molar-refractivity contribution >= 4 is 17.1 Å². The summed E-state index contributed by atoms with van der Waals surface area (Å²) < 4.78 is 8.04. The first kappa shape index (κ1) is 19.1. The van der Waals surface area contributed by atoms with Crippen molar-refractivity contribution in [2.75, 3.05) is 6.61 Å². The first-order valence-corrected chi connectivity index (χ1v) is 10.5. The molecule has 2 heterocycles. The molecule has 5 nitrogen and oxygen atoms in total. The number of nitrogens with zero attached hydrogens (tertiary/aromatic N) is 3. The van der Waals surface area contributed by atoms with E-state index in [1.165, 1.54) is 0 Å². The molecule has 30 heavy (non-hydrogen) atoms. The third kappa shape index (κ3) is 3.55. The van der Waals surface area contributed by atoms with Gasteiger partial charge >= 0.3 is 0 Å². The van der Waals surface area contributed by atoms with Crippen LogP contribution in [0.25, 0.3) is 16.8 Å². The Balaban J connectivity index is 1.49. The van der Waals surface area contributed by atoms with Gasteiger partial charge in [0.25, 0.3) is 0 Å². The summed E-state index contributed by atoms with van der Waals surface area (Å²) >= 11 is 6.49. The van der Waals surface area contributed by atoms with Crippen molar-refractivity contribution in [1.29, 1.82) is 0 Å². The second-order valence-electron chi connectivity index (χ2n) is 7.77. The number of aliphatic hydroxyl groups is 1. The number of fused-ring (bicyclic) bond motifs is 1. The van der Waals surface area contributed by atoms with Crippen molar-refractivity contribution in [3.63, 3.8) is 0 Å². The number of ether oxygens (including phenoxy) is 1. The summed E-state index contributed by atoms with van der Waals surface area (Å²) in [6, 6.07) is 18.0. The number of hydrogen-bond donors (Lipinski definition) is 1. The second-order valence-corrected chi connectivity index (χ2v) is 8.13. The van der Waals surface area contributed by atoms with Gasteiger partial charge in [-0.05, 0) is 36.5 Å². The summed E-state index contributed by atoms with van der Waals surface area (Å²) in [4.78, 5) is 9.24. The Morgan fingerprint density at radius 3 is 2.73 bits per heavy atom. The molecule has 1 saturated carbocycles. The third-order valence-electron chi connectivity index (χ3n) is 5.75. The highest BCUT2D eigenvalue weighted by Gasteiger charge is 2.33. The number of hydrogen-bond acceptors (Lipinski definition) is 4. The molecule has 1 aliphatic rings. The predicted molar refractivity (Wildman–Crippen MR) is 117 cm³/mol. The van der Waals surface area contributed by atoms with E-state index >= 15 is 0 Å². The van der Waals surface area contributed by atoms with Crippen molar-refractivity contribution in [3.8, 4) is 17.0 Å². The van der Waals surface area contributed by atoms with E-state index in [1.54, 1.807) is 6.20 Å². The summed E-state index contributed by atoms with van der Waals surface area (Å²) in [6.45, 7) is 0.738. The summed E-state index contributed by atoms with van der Waals surface area (Å²) in [5.41, 5.74) is 3.67. The normalized spacial score (nSPS) is 18.3. The first-order valence-electron chi connectivity index (χ1n) is 10.1. The summed E-state index contributed by atoms with van der Waals surface area (Å²) in [5, 5.41) is 9.81. The Morgan fingerprint density at radius 2 is 1.93 bits per heavy atom. The lowest BCUT2D eigenvalue weighted by Gasteiger charge is -2.32. The molecular weight excluding hydrogens is 398 g/mol. The summed E-state index contributed by atoms with van der Waals surface area (Å²) in [7, 11) is 0. The molecule has 4 aromatic rings. The zero-order valence-electron chi connectivity index (χ0n) is 16.4. The van der Waals surface area contributed by atoms with Gasteiger partial charge < -0.3 is 9.84 Å². The average molecular weight is 420 g/mol. The SMILES string of the molecule is OC[C@H]1C[C@@H](c2nc(-c3cccc(OCc4ccccc4)c3)c3c(Cl)nccn32)C1. The molecule has 0 amide bonds. The van der Waals surface area contributed by atoms with Crippen molar-refractivity contribution < 1.29 is 9.84 Å². The predicted octanol–water partition coefficient (Wildman–Crippen LogP) is 5.11. The number of rotatable bonds is 6. The fraction of sp³-hybridized carbons (Fsp3) is 0.250. The van der Waals surface area contributed by atoms with Gasteiger partial charge in [-0.25, -0.2) is 9.97 Å². The van der Waals surface area contributed by atoms with Crippen LogP contribution in [0.3, 0.4) is 0 Å². The van der Waals surface area contributed by atoms with Crippen LogP contribution >= 0.6 is 11.6 Å². The maximum absolute atomic E-state index is 9.38. The number of benzene rings is 2. The van der Waals surface area contributed by atoms with Crippen molar-refractivity contribution in [1.82, 2.24) is 14.4 Å². The standard InChI is InChI=1S/C24H22ClN3O2/c25-23-22-21(27-24(28(22)10-9-26-23)19-11-17(12-19)14-29)18-7-4-8-20(13-18)30-15-16-5-2-1-3-6-16/h1-10,13,17,19,29H,11-12,14-15H2/t17-,19+. The van der Waals surface area contributed by atoms with E-state index in [-0.39, 0.29) is 6.61 Å². The Hall–Kier alpha value is -2.89. The average Bonchev–Trinajstić information content (AvgIpc) is 3.13. The highest BCUT2D eigenvalue weighted by atomic mass is 35.5. The van der Waals surface area contributed by atoms with Crippen LogP contribution in [0.1, 0.15) is 30.1 Å². The van der Waals surface area contributed by atoms with Crippen LogP contribution in [0.15, 0.2) is 67.0 Å². The molecule has 0 aliphatic heterocycles. The van der Waals surface area contributed by atoms with Crippen LogP contribution in [-0.2, 0) is 6.61 Å². The zero-order valence-corrected chi connectivity index (χ0v) is 17.2. The quantitative estimate of drug-likeness (QED) is 0.471. The largest absolute Gasteiger partial charge is 0.489 e. The lowest BCUT2D eigenvalue weighted by atomic mass is 9.75. The monoisotopic (exact) mass is 419 g/mol. The number of halogens is 1. The smallest absolute Gasteiger partial charge is 0.155 e. The molecule has 0 radical (unpaired) electrons. The summed E-state index contributed by atoms with van der Waals surface area (Å²) in [5.74, 6) is 2.44. The molecule has 2 aromatic heterocycles. The molecule has 6 heteroatoms. The van der Waals surface area contributed by atoms with Crippen LogP contribution in [0, 0.1) is 5.92 Å². The molecule has 5 rings (SSSR count). The Bertz CT molecular complexity index is 1170. The highest BCUT2D eigenvalue weighted by Crippen LogP contribution is 2.43. The topological polar surface area (TPSA) is 59.7 Å². The van der Waals surface area contributed by atoms with E-state index in [0.29, 0.717) is 23.6 Å². The molecule has 0 bridgehead atoms. The van der Waals surface area contributed by atoms with Crippen LogP contribution in [0.4, 0.5) is 0 Å². The van der Waals surface area contributed by atoms with E-state index < -0.39 is 0 Å². The first-order chi connectivity index (χ1) is 14.7. The van der Waals surface area contributed by atoms with Gasteiger partial charge in [-0.3, -0.25) is 4.40 Å². The number of aliphatic hydroxyl groups excluding tert-OH is 1. The number of imidazole rings is 1. The van der Waals surface area contributed by atoms with Crippen molar-refractivity contribution in [3.05, 3.63) is 83.5 Å². The number of aromatic nitrogens is 3. The zero-order chi connectivity index (χ0) is 20.5. The summed E-state index contributed by atoms with van der Waals surface area (Å²) in [6.07, 6.45) is 5.49. The lowest BCUT2D eigenvalue weighted by Crippen LogP contribution is -2.26. The van der Waals surface area contributed by atoms with E-state index in [9.17, 15) is 5.11 Å². The fourth-order valence-electron chi connectivity index (χ4n) is 4.08. The van der Waals surface area contributed by atoms with Crippen LogP contribution in [-0.4, -0.2) is 26.1 Å². The molecule has 152 valence electrons. The van der Waals surface area contributed by atoms with Crippen molar-refractivity contribution in [2.45, 2.75) is 25.4 Å². The minimum Gasteiger partial charge on any atom is -0.489 e. The highest BCUT2D eigenvalue weighted by molar-refractivity contribution is 6.33. The van der Waals surface area contributed by atoms with Gasteiger partial charge in [0.05, 0.1) is 5.69 Å². The molecular formula is C24H22ClN3O2. The Kier molecular flexibility index (Phi) is 5.15. The lowest BCUT2D eigenvalue weighted by molar-refractivity contribution is 0.138. The van der Waals surface area contributed by atoms with Crippen LogP contribution < -0.4 is 4.74 Å². The van der Waals surface area contributed by atoms with E-state index in [4.69, 9.17) is 21.3 Å². The molecule has 0 spiro atoms. The van der Waals surface area contributed by atoms with Gasteiger partial charge in [0.15, 0.2) is 5.15 Å². The minimum absolute atomic E-state index is 0.232. The van der Waals surface area contributed by atoms with Gasteiger partial charge in [0.1, 0.15) is 23.7 Å². The minimum atomic E-state index is 0.232. The third-order valence-corrected chi connectivity index (χ3v) is 6.03. The van der Waals surface area contributed by atoms with Crippen molar-refractivity contribution in [2.24, 2.45) is 5.92 Å². The van der Waals surface area contributed by atoms with Gasteiger partial charge in [-0.1, -0.05) is 54.1 Å². The molecule has 1 aliphatic carbocycles. The van der Waals surface area contributed by atoms with Gasteiger partial charge in [-0.2, -0.15) is 0 Å². The molecule has 0 atom stereocenters. The Morgan fingerprint density at radius 1 is 1.10 bits per heavy atom. The molecule has 0 unspecified atom stereocenters. The molecule has 0 saturated heterocycles. The molecule has 1 N–H and O–H groups in total. The molecule has 2 aromatic carbocycles. The Labute approximate surface area is 179 Å². The van der Waals surface area contributed by atoms with E-state index in [1.807, 2.05) is 65.2 Å². The van der Waals surface area contributed by atoms with E-state index in [0.717, 1.165) is 46.8 Å². The van der Waals surface area contributed by atoms with Gasteiger partial charge in [-0.15, -0.1) is 0 Å².